The van der Waals surface area contributed by atoms with Gasteiger partial charge in [0.2, 0.25) is 11.8 Å². The van der Waals surface area contributed by atoms with Crippen LogP contribution < -0.4 is 15.0 Å². The summed E-state index contributed by atoms with van der Waals surface area (Å²) in [7, 11) is 1.63. The first-order chi connectivity index (χ1) is 12.1. The van der Waals surface area contributed by atoms with Crippen LogP contribution in [0.2, 0.25) is 0 Å². The van der Waals surface area contributed by atoms with E-state index in [-0.39, 0.29) is 17.2 Å². The number of carbonyl (C=O) groups is 2. The molecule has 0 aromatic heterocycles. The summed E-state index contributed by atoms with van der Waals surface area (Å²) in [6, 6.07) is 15.2. The first kappa shape index (κ1) is 17.4. The highest BCUT2D eigenvalue weighted by atomic mass is 32.2. The lowest BCUT2D eigenvalue weighted by Crippen LogP contribution is -2.27. The Kier molecular flexibility index (Phi) is 5.28. The van der Waals surface area contributed by atoms with Gasteiger partial charge in [-0.3, -0.25) is 14.5 Å². The van der Waals surface area contributed by atoms with Crippen molar-refractivity contribution in [3.05, 3.63) is 54.1 Å². The summed E-state index contributed by atoms with van der Waals surface area (Å²) < 4.78 is 5.20. The topological polar surface area (TPSA) is 58.6 Å². The van der Waals surface area contributed by atoms with Gasteiger partial charge in [-0.05, 0) is 35.9 Å². The van der Waals surface area contributed by atoms with Crippen LogP contribution in [-0.4, -0.2) is 24.7 Å². The maximum atomic E-state index is 12.5. The molecule has 1 N–H and O–H groups in total. The predicted octanol–water partition coefficient (Wildman–Crippen LogP) is 3.82. The third-order valence-electron chi connectivity index (χ3n) is 4.00. The molecule has 2 aromatic carbocycles. The largest absolute Gasteiger partial charge is 0.497 e. The van der Waals surface area contributed by atoms with Gasteiger partial charge in [0, 0.05) is 17.8 Å². The zero-order valence-electron chi connectivity index (χ0n) is 14.2. The average Bonchev–Trinajstić information content (AvgIpc) is 3.03. The molecule has 0 spiro atoms. The van der Waals surface area contributed by atoms with E-state index in [0.717, 1.165) is 17.0 Å². The Hall–Kier alpha value is -2.47. The Morgan fingerprint density at radius 1 is 1.28 bits per heavy atom. The quantitative estimate of drug-likeness (QED) is 0.885. The Labute approximate surface area is 151 Å². The molecule has 0 radical (unpaired) electrons. The molecule has 1 aliphatic rings. The second-order valence-corrected chi connectivity index (χ2v) is 6.72. The summed E-state index contributed by atoms with van der Waals surface area (Å²) in [6.45, 7) is 1.81. The highest BCUT2D eigenvalue weighted by Crippen LogP contribution is 2.42. The molecule has 6 heteroatoms. The molecule has 0 bridgehead atoms. The van der Waals surface area contributed by atoms with Crippen LogP contribution in [0.1, 0.15) is 24.3 Å². The lowest BCUT2D eigenvalue weighted by atomic mass is 10.1. The molecule has 0 unspecified atom stereocenters. The van der Waals surface area contributed by atoms with Crippen LogP contribution in [0.3, 0.4) is 0 Å². The minimum atomic E-state index is -0.0875. The number of thioether (sulfide) groups is 1. The number of nitrogens with zero attached hydrogens (tertiary/aromatic N) is 1. The lowest BCUT2D eigenvalue weighted by Gasteiger charge is -2.25. The molecule has 0 saturated carbocycles. The van der Waals surface area contributed by atoms with E-state index in [9.17, 15) is 9.59 Å². The molecule has 3 rings (SSSR count). The van der Waals surface area contributed by atoms with Crippen LogP contribution in [0.15, 0.2) is 48.5 Å². The standard InChI is InChI=1S/C19H20N2O3S/c1-3-17(22)20-14-5-4-6-15(11-14)21-18(23)12-25-19(21)13-7-9-16(24-2)10-8-13/h4-11,19H,3,12H2,1-2H3,(H,20,22)/t19-/m1/s1. The van der Waals surface area contributed by atoms with Gasteiger partial charge in [0.1, 0.15) is 11.1 Å². The van der Waals surface area contributed by atoms with Crippen LogP contribution in [-0.2, 0) is 9.59 Å². The van der Waals surface area contributed by atoms with Gasteiger partial charge in [-0.1, -0.05) is 25.1 Å². The van der Waals surface area contributed by atoms with Crippen LogP contribution in [0, 0.1) is 0 Å². The van der Waals surface area contributed by atoms with Gasteiger partial charge in [0.15, 0.2) is 0 Å². The summed E-state index contributed by atoms with van der Waals surface area (Å²) in [6.07, 6.45) is 0.414. The van der Waals surface area contributed by atoms with Crippen molar-refractivity contribution in [2.24, 2.45) is 0 Å². The van der Waals surface area contributed by atoms with Crippen molar-refractivity contribution >= 4 is 35.0 Å². The smallest absolute Gasteiger partial charge is 0.238 e. The highest BCUT2D eigenvalue weighted by Gasteiger charge is 2.34. The van der Waals surface area contributed by atoms with E-state index < -0.39 is 0 Å². The fourth-order valence-electron chi connectivity index (χ4n) is 2.70. The molecule has 2 aromatic rings. The van der Waals surface area contributed by atoms with E-state index in [1.807, 2.05) is 48.5 Å². The van der Waals surface area contributed by atoms with E-state index >= 15 is 0 Å². The predicted molar refractivity (Wildman–Crippen MR) is 101 cm³/mol. The number of hydrogen-bond donors (Lipinski definition) is 1. The van der Waals surface area contributed by atoms with E-state index in [4.69, 9.17) is 4.74 Å². The number of amides is 2. The monoisotopic (exact) mass is 356 g/mol. The number of anilines is 2. The summed E-state index contributed by atoms with van der Waals surface area (Å²) >= 11 is 1.59. The first-order valence-electron chi connectivity index (χ1n) is 8.10. The molecule has 1 aliphatic heterocycles. The molecule has 1 saturated heterocycles. The number of methoxy groups -OCH3 is 1. The van der Waals surface area contributed by atoms with Crippen LogP contribution in [0.25, 0.3) is 0 Å². The van der Waals surface area contributed by atoms with Crippen molar-refractivity contribution in [1.82, 2.24) is 0 Å². The molecular weight excluding hydrogens is 336 g/mol. The first-order valence-corrected chi connectivity index (χ1v) is 9.14. The van der Waals surface area contributed by atoms with Gasteiger partial charge >= 0.3 is 0 Å². The molecular formula is C19H20N2O3S. The fraction of sp³-hybridized carbons (Fsp3) is 0.263. The van der Waals surface area contributed by atoms with Crippen molar-refractivity contribution in [1.29, 1.82) is 0 Å². The van der Waals surface area contributed by atoms with Gasteiger partial charge in [-0.15, -0.1) is 11.8 Å². The highest BCUT2D eigenvalue weighted by molar-refractivity contribution is 8.00. The molecule has 130 valence electrons. The van der Waals surface area contributed by atoms with Gasteiger partial charge in [0.05, 0.1) is 12.9 Å². The van der Waals surface area contributed by atoms with Gasteiger partial charge < -0.3 is 10.1 Å². The number of carbonyl (C=O) groups excluding carboxylic acids is 2. The zero-order valence-corrected chi connectivity index (χ0v) is 15.0. The normalized spacial score (nSPS) is 16.8. The second kappa shape index (κ2) is 7.61. The Bertz CT molecular complexity index is 776. The molecule has 1 atom stereocenters. The molecule has 0 aliphatic carbocycles. The Morgan fingerprint density at radius 3 is 2.72 bits per heavy atom. The van der Waals surface area contributed by atoms with E-state index in [2.05, 4.69) is 5.32 Å². The molecule has 5 nitrogen and oxygen atoms in total. The second-order valence-electron chi connectivity index (χ2n) is 5.65. The van der Waals surface area contributed by atoms with Crippen LogP contribution >= 0.6 is 11.8 Å². The number of benzene rings is 2. The van der Waals surface area contributed by atoms with Gasteiger partial charge in [0.25, 0.3) is 0 Å². The minimum Gasteiger partial charge on any atom is -0.497 e. The third kappa shape index (κ3) is 3.79. The molecule has 1 fully saturated rings. The number of nitrogens with one attached hydrogen (secondary N) is 1. The Balaban J connectivity index is 1.89. The van der Waals surface area contributed by atoms with Gasteiger partial charge in [-0.2, -0.15) is 0 Å². The molecule has 2 amide bonds. The maximum absolute atomic E-state index is 12.5. The van der Waals surface area contributed by atoms with E-state index in [1.165, 1.54) is 0 Å². The minimum absolute atomic E-state index is 0.0500. The van der Waals surface area contributed by atoms with Crippen molar-refractivity contribution in [3.8, 4) is 5.75 Å². The molecule has 1 heterocycles. The van der Waals surface area contributed by atoms with Crippen molar-refractivity contribution in [2.75, 3.05) is 23.1 Å². The fourth-order valence-corrected chi connectivity index (χ4v) is 3.88. The van der Waals surface area contributed by atoms with Crippen molar-refractivity contribution < 1.29 is 14.3 Å². The Morgan fingerprint density at radius 2 is 2.04 bits per heavy atom. The third-order valence-corrected chi connectivity index (χ3v) is 5.21. The SMILES string of the molecule is CCC(=O)Nc1cccc(N2C(=O)CS[C@@H]2c2ccc(OC)cc2)c1. The van der Waals surface area contributed by atoms with Gasteiger partial charge in [-0.25, -0.2) is 0 Å². The lowest BCUT2D eigenvalue weighted by molar-refractivity contribution is -0.116. The zero-order chi connectivity index (χ0) is 17.8. The van der Waals surface area contributed by atoms with Crippen molar-refractivity contribution in [3.63, 3.8) is 0 Å². The number of hydrogen-bond acceptors (Lipinski definition) is 4. The van der Waals surface area contributed by atoms with Crippen LogP contribution in [0.5, 0.6) is 5.75 Å². The number of rotatable bonds is 5. The van der Waals surface area contributed by atoms with Crippen molar-refractivity contribution in [2.45, 2.75) is 18.7 Å². The summed E-state index contributed by atoms with van der Waals surface area (Å²) in [4.78, 5) is 25.9. The summed E-state index contributed by atoms with van der Waals surface area (Å²) in [5.74, 6) is 1.23. The maximum Gasteiger partial charge on any atom is 0.238 e. The average molecular weight is 356 g/mol. The number of ether oxygens (including phenoxy) is 1. The van der Waals surface area contributed by atoms with E-state index in [0.29, 0.717) is 17.9 Å². The summed E-state index contributed by atoms with van der Waals surface area (Å²) in [5, 5.41) is 2.75. The molecule has 25 heavy (non-hydrogen) atoms. The van der Waals surface area contributed by atoms with Crippen LogP contribution in [0.4, 0.5) is 11.4 Å². The van der Waals surface area contributed by atoms with E-state index in [1.54, 1.807) is 30.7 Å². The summed E-state index contributed by atoms with van der Waals surface area (Å²) in [5.41, 5.74) is 2.52.